The number of anilines is 1. The first-order valence-electron chi connectivity index (χ1n) is 4.58. The Morgan fingerprint density at radius 2 is 2.19 bits per heavy atom. The molecule has 0 aromatic heterocycles. The summed E-state index contributed by atoms with van der Waals surface area (Å²) in [5.41, 5.74) is 1.33. The summed E-state index contributed by atoms with van der Waals surface area (Å²) in [5.74, 6) is 0. The van der Waals surface area contributed by atoms with Crippen molar-refractivity contribution in [1.29, 1.82) is 5.26 Å². The molecule has 0 heterocycles. The molecule has 0 aliphatic carbocycles. The van der Waals surface area contributed by atoms with Crippen LogP contribution in [0.5, 0.6) is 0 Å². The number of allylic oxidation sites excluding steroid dienone is 1. The van der Waals surface area contributed by atoms with Gasteiger partial charge in [-0.05, 0) is 23.8 Å². The summed E-state index contributed by atoms with van der Waals surface area (Å²) < 4.78 is 0. The minimum Gasteiger partial charge on any atom is -0.372 e. The van der Waals surface area contributed by atoms with E-state index in [1.54, 1.807) is 37.2 Å². The van der Waals surface area contributed by atoms with Crippen molar-refractivity contribution in [2.45, 2.75) is 0 Å². The van der Waals surface area contributed by atoms with E-state index >= 15 is 0 Å². The number of nitro groups is 1. The maximum Gasteiger partial charge on any atom is 0.292 e. The van der Waals surface area contributed by atoms with Crippen molar-refractivity contribution in [2.75, 3.05) is 19.0 Å². The van der Waals surface area contributed by atoms with Gasteiger partial charge in [0.25, 0.3) is 5.69 Å². The fourth-order valence-corrected chi connectivity index (χ4v) is 1.29. The number of rotatable bonds is 3. The number of nitro benzene ring substituents is 1. The van der Waals surface area contributed by atoms with Crippen LogP contribution in [0.25, 0.3) is 6.08 Å². The molecule has 5 nitrogen and oxygen atoms in total. The van der Waals surface area contributed by atoms with Gasteiger partial charge in [-0.25, -0.2) is 0 Å². The van der Waals surface area contributed by atoms with Crippen molar-refractivity contribution in [3.63, 3.8) is 0 Å². The first-order chi connectivity index (χ1) is 7.56. The maximum atomic E-state index is 10.8. The van der Waals surface area contributed by atoms with Gasteiger partial charge in [0.05, 0.1) is 11.0 Å². The van der Waals surface area contributed by atoms with Gasteiger partial charge in [0.15, 0.2) is 0 Å². The zero-order valence-electron chi connectivity index (χ0n) is 9.04. The van der Waals surface area contributed by atoms with E-state index in [0.717, 1.165) is 5.56 Å². The zero-order valence-corrected chi connectivity index (χ0v) is 9.04. The molecule has 0 saturated carbocycles. The van der Waals surface area contributed by atoms with Crippen molar-refractivity contribution < 1.29 is 4.92 Å². The van der Waals surface area contributed by atoms with Crippen LogP contribution in [0.15, 0.2) is 24.3 Å². The molecule has 0 atom stereocenters. The molecule has 1 rings (SSSR count). The standard InChI is InChI=1S/C11H11N3O2/c1-13(2)11-8-9(4-3-7-12)5-6-10(11)14(15)16/h3-6,8H,1-2H3/b4-3-. The third kappa shape index (κ3) is 2.58. The first-order valence-corrected chi connectivity index (χ1v) is 4.58. The monoisotopic (exact) mass is 217 g/mol. The molecule has 5 heteroatoms. The van der Waals surface area contributed by atoms with Crippen molar-refractivity contribution in [3.05, 3.63) is 40.0 Å². The molecule has 82 valence electrons. The average molecular weight is 217 g/mol. The van der Waals surface area contributed by atoms with Crippen LogP contribution in [0.3, 0.4) is 0 Å². The number of nitriles is 1. The Balaban J connectivity index is 3.24. The fraction of sp³-hybridized carbons (Fsp3) is 0.182. The van der Waals surface area contributed by atoms with Gasteiger partial charge < -0.3 is 4.90 Å². The molecular weight excluding hydrogens is 206 g/mol. The van der Waals surface area contributed by atoms with Gasteiger partial charge in [0, 0.05) is 26.2 Å². The van der Waals surface area contributed by atoms with Gasteiger partial charge >= 0.3 is 0 Å². The molecule has 0 aliphatic heterocycles. The van der Waals surface area contributed by atoms with Crippen LogP contribution in [0.1, 0.15) is 5.56 Å². The van der Waals surface area contributed by atoms with E-state index < -0.39 is 4.92 Å². The fourth-order valence-electron chi connectivity index (χ4n) is 1.29. The third-order valence-electron chi connectivity index (χ3n) is 2.03. The minimum atomic E-state index is -0.423. The lowest BCUT2D eigenvalue weighted by Crippen LogP contribution is -2.11. The predicted octanol–water partition coefficient (Wildman–Crippen LogP) is 2.20. The molecule has 0 bridgehead atoms. The van der Waals surface area contributed by atoms with Crippen molar-refractivity contribution >= 4 is 17.5 Å². The Bertz CT molecular complexity index is 473. The minimum absolute atomic E-state index is 0.0547. The lowest BCUT2D eigenvalue weighted by Gasteiger charge is -2.12. The molecule has 0 amide bonds. The van der Waals surface area contributed by atoms with Crippen LogP contribution in [0.4, 0.5) is 11.4 Å². The lowest BCUT2D eigenvalue weighted by atomic mass is 10.1. The van der Waals surface area contributed by atoms with E-state index in [4.69, 9.17) is 5.26 Å². The predicted molar refractivity (Wildman–Crippen MR) is 62.1 cm³/mol. The van der Waals surface area contributed by atoms with Gasteiger partial charge in [-0.2, -0.15) is 5.26 Å². The van der Waals surface area contributed by atoms with Crippen molar-refractivity contribution in [1.82, 2.24) is 0 Å². The molecule has 0 unspecified atom stereocenters. The SMILES string of the molecule is CN(C)c1cc(/C=C\C#N)ccc1[N+](=O)[O-]. The van der Waals surface area contributed by atoms with E-state index in [1.165, 1.54) is 12.1 Å². The number of hydrogen-bond donors (Lipinski definition) is 0. The van der Waals surface area contributed by atoms with Crippen LogP contribution >= 0.6 is 0 Å². The van der Waals surface area contributed by atoms with E-state index in [9.17, 15) is 10.1 Å². The van der Waals surface area contributed by atoms with Crippen LogP contribution in [-0.2, 0) is 0 Å². The number of benzene rings is 1. The molecule has 1 aromatic carbocycles. The molecule has 0 N–H and O–H groups in total. The largest absolute Gasteiger partial charge is 0.372 e. The van der Waals surface area contributed by atoms with Crippen LogP contribution in [0, 0.1) is 21.4 Å². The Labute approximate surface area is 93.4 Å². The molecule has 0 fully saturated rings. The number of nitrogens with zero attached hydrogens (tertiary/aromatic N) is 3. The molecule has 1 aromatic rings. The highest BCUT2D eigenvalue weighted by Gasteiger charge is 2.14. The average Bonchev–Trinajstić information content (AvgIpc) is 2.25. The molecule has 0 spiro atoms. The summed E-state index contributed by atoms with van der Waals surface area (Å²) in [6, 6.07) is 6.59. The topological polar surface area (TPSA) is 70.2 Å². The van der Waals surface area contributed by atoms with Gasteiger partial charge in [-0.3, -0.25) is 10.1 Å². The Hall–Kier alpha value is -2.35. The second-order valence-corrected chi connectivity index (χ2v) is 3.36. The number of hydrogen-bond acceptors (Lipinski definition) is 4. The first kappa shape index (κ1) is 11.7. The highest BCUT2D eigenvalue weighted by molar-refractivity contribution is 5.68. The van der Waals surface area contributed by atoms with E-state index in [-0.39, 0.29) is 5.69 Å². The normalized spacial score (nSPS) is 10.1. The molecule has 0 aliphatic rings. The maximum absolute atomic E-state index is 10.8. The molecule has 16 heavy (non-hydrogen) atoms. The zero-order chi connectivity index (χ0) is 12.1. The van der Waals surface area contributed by atoms with Crippen LogP contribution in [0.2, 0.25) is 0 Å². The van der Waals surface area contributed by atoms with Gasteiger partial charge in [0.1, 0.15) is 5.69 Å². The Morgan fingerprint density at radius 1 is 1.50 bits per heavy atom. The van der Waals surface area contributed by atoms with Gasteiger partial charge in [0.2, 0.25) is 0 Å². The smallest absolute Gasteiger partial charge is 0.292 e. The summed E-state index contributed by atoms with van der Waals surface area (Å²) in [4.78, 5) is 12.0. The third-order valence-corrected chi connectivity index (χ3v) is 2.03. The summed E-state index contributed by atoms with van der Waals surface area (Å²) in [5, 5.41) is 19.2. The second-order valence-electron chi connectivity index (χ2n) is 3.36. The van der Waals surface area contributed by atoms with Crippen molar-refractivity contribution in [2.24, 2.45) is 0 Å². The van der Waals surface area contributed by atoms with Crippen LogP contribution < -0.4 is 4.90 Å². The molecule has 0 radical (unpaired) electrons. The van der Waals surface area contributed by atoms with Crippen LogP contribution in [-0.4, -0.2) is 19.0 Å². The molecular formula is C11H11N3O2. The lowest BCUT2D eigenvalue weighted by molar-refractivity contribution is -0.384. The van der Waals surface area contributed by atoms with Gasteiger partial charge in [-0.1, -0.05) is 0 Å². The quantitative estimate of drug-likeness (QED) is 0.442. The summed E-state index contributed by atoms with van der Waals surface area (Å²) in [6.45, 7) is 0. The Morgan fingerprint density at radius 3 is 2.69 bits per heavy atom. The highest BCUT2D eigenvalue weighted by atomic mass is 16.6. The van der Waals surface area contributed by atoms with E-state index in [2.05, 4.69) is 0 Å². The second kappa shape index (κ2) is 4.94. The Kier molecular flexibility index (Phi) is 3.62. The highest BCUT2D eigenvalue weighted by Crippen LogP contribution is 2.27. The summed E-state index contributed by atoms with van der Waals surface area (Å²) in [6.07, 6.45) is 2.94. The van der Waals surface area contributed by atoms with E-state index in [0.29, 0.717) is 5.69 Å². The van der Waals surface area contributed by atoms with E-state index in [1.807, 2.05) is 6.07 Å². The summed E-state index contributed by atoms with van der Waals surface area (Å²) >= 11 is 0. The van der Waals surface area contributed by atoms with Crippen molar-refractivity contribution in [3.8, 4) is 6.07 Å². The molecule has 0 saturated heterocycles. The summed E-state index contributed by atoms with van der Waals surface area (Å²) in [7, 11) is 3.47. The van der Waals surface area contributed by atoms with Gasteiger partial charge in [-0.15, -0.1) is 0 Å².